The fraction of sp³-hybridized carbons (Fsp3) is 0.250. The number of nitrogens with two attached hydrogens (primary N) is 1. The van der Waals surface area contributed by atoms with Crippen LogP contribution in [0.5, 0.6) is 17.2 Å². The molecule has 6 aromatic rings. The number of nitrogens with zero attached hydrogens (tertiary/aromatic N) is 8. The van der Waals surface area contributed by atoms with Crippen molar-refractivity contribution in [3.05, 3.63) is 88.8 Å². The monoisotopic (exact) mass is 785 g/mol. The quantitative estimate of drug-likeness (QED) is 0.0999. The number of nitriles is 2. The molecule has 0 spiro atoms. The number of methoxy groups -OCH3 is 1. The highest BCUT2D eigenvalue weighted by Crippen LogP contribution is 2.25. The lowest BCUT2D eigenvalue weighted by atomic mass is 10.1. The molecule has 21 nitrogen and oxygen atoms in total. The first-order valence-electron chi connectivity index (χ1n) is 16.3. The van der Waals surface area contributed by atoms with Gasteiger partial charge >= 0.3 is 17.9 Å². The Morgan fingerprint density at radius 1 is 0.825 bits per heavy atom. The van der Waals surface area contributed by atoms with Gasteiger partial charge < -0.3 is 45.5 Å². The molecule has 21 heteroatoms. The summed E-state index contributed by atoms with van der Waals surface area (Å²) in [4.78, 5) is 44.8. The lowest BCUT2D eigenvalue weighted by molar-refractivity contribution is 0.0278. The molecule has 7 rings (SSSR count). The van der Waals surface area contributed by atoms with E-state index in [1.54, 1.807) is 26.0 Å². The van der Waals surface area contributed by atoms with E-state index in [1.807, 2.05) is 0 Å². The van der Waals surface area contributed by atoms with Crippen molar-refractivity contribution in [2.75, 3.05) is 20.3 Å². The summed E-state index contributed by atoms with van der Waals surface area (Å²) < 4.78 is 18.3. The molecule has 1 saturated heterocycles. The van der Waals surface area contributed by atoms with Crippen LogP contribution in [0.15, 0.2) is 55.0 Å². The fourth-order valence-corrected chi connectivity index (χ4v) is 4.66. The van der Waals surface area contributed by atoms with Crippen LogP contribution in [0, 0.1) is 22.7 Å². The normalized spacial score (nSPS) is 12.4. The predicted molar refractivity (Wildman–Crippen MR) is 194 cm³/mol. The summed E-state index contributed by atoms with van der Waals surface area (Å²) in [5, 5.41) is 75.3. The number of carbonyl (C=O) groups is 4. The van der Waals surface area contributed by atoms with Crippen molar-refractivity contribution in [2.24, 2.45) is 5.73 Å². The summed E-state index contributed by atoms with van der Waals surface area (Å²) in [6.45, 7) is 8.14. The molecule has 1 amide bonds. The number of pyridine rings is 3. The van der Waals surface area contributed by atoms with Crippen LogP contribution in [0.3, 0.4) is 0 Å². The number of esters is 1. The lowest BCUT2D eigenvalue weighted by Gasteiger charge is -2.19. The van der Waals surface area contributed by atoms with Gasteiger partial charge in [0, 0.05) is 0 Å². The molecule has 6 aromatic heterocycles. The number of hydrogen-bond donors (Lipinski definition) is 6. The Balaban J connectivity index is 0.000000180. The minimum atomic E-state index is -1.16. The number of aromatic hydroxyl groups is 2. The van der Waals surface area contributed by atoms with Gasteiger partial charge in [-0.15, -0.1) is 0 Å². The number of aromatic carboxylic acids is 2. The van der Waals surface area contributed by atoms with Gasteiger partial charge in [0.1, 0.15) is 35.4 Å². The molecule has 57 heavy (non-hydrogen) atoms. The molecular weight excluding hydrogens is 750 g/mol. The Labute approximate surface area is 321 Å². The van der Waals surface area contributed by atoms with E-state index in [9.17, 15) is 34.5 Å². The van der Waals surface area contributed by atoms with E-state index in [2.05, 4.69) is 33.9 Å². The number of aromatic nitrogens is 6. The molecule has 0 aliphatic carbocycles. The average Bonchev–Trinajstić information content (AvgIpc) is 3.53. The minimum Gasteiger partial charge on any atom is -0.505 e. The van der Waals surface area contributed by atoms with Gasteiger partial charge in [-0.2, -0.15) is 25.8 Å². The Kier molecular flexibility index (Phi) is 12.3. The van der Waals surface area contributed by atoms with Crippen molar-refractivity contribution in [1.82, 2.24) is 28.8 Å². The van der Waals surface area contributed by atoms with Gasteiger partial charge in [-0.3, -0.25) is 4.79 Å². The van der Waals surface area contributed by atoms with Gasteiger partial charge in [0.15, 0.2) is 34.3 Å². The maximum absolute atomic E-state index is 11.6. The van der Waals surface area contributed by atoms with Crippen molar-refractivity contribution < 1.29 is 58.9 Å². The number of epoxide rings is 1. The standard InChI is InChI=1S/C13H15N3O5.C10H7N3O3.C9H5N3O3.C4H8O/c1-13(2,20)6-21-9-4-3-8-7(12(18)19)5-15-16(8)10(9)11(14)17;1-16-10(15)6-5-12-13-7(6)2-3-9(14)8(13)4-11;10-3-7-8(13)2-1-6-5(9(14)15)4-11-12(6)7;1-4(2)3-5-4/h3-5,20H,6H2,1-2H3,(H2,14,17)(H,18,19);2-3,5,14H,1H3;1-2,4,13H,(H,14,15);3H2,1-2H3. The molecule has 0 unspecified atom stereocenters. The zero-order chi connectivity index (χ0) is 42.4. The number of carboxylic acids is 2. The Morgan fingerprint density at radius 2 is 1.23 bits per heavy atom. The van der Waals surface area contributed by atoms with E-state index < -0.39 is 29.4 Å². The van der Waals surface area contributed by atoms with Crippen molar-refractivity contribution in [1.29, 1.82) is 10.5 Å². The van der Waals surface area contributed by atoms with Crippen LogP contribution in [-0.2, 0) is 9.47 Å². The highest BCUT2D eigenvalue weighted by molar-refractivity contribution is 5.99. The van der Waals surface area contributed by atoms with Gasteiger partial charge in [-0.05, 0) is 64.1 Å². The third kappa shape index (κ3) is 9.68. The highest BCUT2D eigenvalue weighted by atomic mass is 16.6. The van der Waals surface area contributed by atoms with Crippen molar-refractivity contribution in [3.8, 4) is 29.4 Å². The van der Waals surface area contributed by atoms with Crippen LogP contribution < -0.4 is 10.5 Å². The summed E-state index contributed by atoms with van der Waals surface area (Å²) in [6.07, 6.45) is 3.56. The second kappa shape index (κ2) is 16.7. The third-order valence-electron chi connectivity index (χ3n) is 7.58. The summed E-state index contributed by atoms with van der Waals surface area (Å²) in [7, 11) is 1.26. The van der Waals surface area contributed by atoms with Crippen LogP contribution in [0.2, 0.25) is 0 Å². The van der Waals surface area contributed by atoms with Gasteiger partial charge in [-0.1, -0.05) is 0 Å². The molecule has 0 bridgehead atoms. The molecular formula is C36H35N9O12. The fourth-order valence-electron chi connectivity index (χ4n) is 4.66. The van der Waals surface area contributed by atoms with E-state index >= 15 is 0 Å². The maximum atomic E-state index is 11.6. The molecule has 0 saturated carbocycles. The van der Waals surface area contributed by atoms with E-state index in [4.69, 9.17) is 35.9 Å². The number of primary amides is 1. The number of aliphatic hydroxyl groups is 1. The van der Waals surface area contributed by atoms with Crippen molar-refractivity contribution >= 4 is 40.4 Å². The molecule has 0 radical (unpaired) electrons. The lowest BCUT2D eigenvalue weighted by Crippen LogP contribution is -2.29. The second-order valence-corrected chi connectivity index (χ2v) is 13.1. The zero-order valence-electron chi connectivity index (χ0n) is 30.9. The van der Waals surface area contributed by atoms with Gasteiger partial charge in [0.05, 0.1) is 60.1 Å². The van der Waals surface area contributed by atoms with Crippen LogP contribution in [0.4, 0.5) is 0 Å². The number of hydrogen-bond acceptors (Lipinski definition) is 15. The largest absolute Gasteiger partial charge is 0.505 e. The van der Waals surface area contributed by atoms with Gasteiger partial charge in [-0.25, -0.2) is 27.9 Å². The second-order valence-electron chi connectivity index (χ2n) is 13.1. The van der Waals surface area contributed by atoms with Crippen LogP contribution in [0.25, 0.3) is 16.6 Å². The highest BCUT2D eigenvalue weighted by Gasteiger charge is 2.32. The summed E-state index contributed by atoms with van der Waals surface area (Å²) in [5.41, 5.74) is 5.40. The smallest absolute Gasteiger partial charge is 0.341 e. The van der Waals surface area contributed by atoms with Gasteiger partial charge in [0.25, 0.3) is 5.91 Å². The number of carboxylic acid groups (broad SMARTS) is 2. The number of rotatable bonds is 7. The van der Waals surface area contributed by atoms with E-state index in [1.165, 1.54) is 54.2 Å². The first-order valence-corrected chi connectivity index (χ1v) is 16.3. The molecule has 7 N–H and O–H groups in total. The first kappa shape index (κ1) is 42.0. The number of ether oxygens (including phenoxy) is 3. The maximum Gasteiger partial charge on any atom is 0.341 e. The molecule has 1 aliphatic heterocycles. The van der Waals surface area contributed by atoms with E-state index in [-0.39, 0.29) is 74.3 Å². The third-order valence-corrected chi connectivity index (χ3v) is 7.58. The molecule has 0 atom stereocenters. The van der Waals surface area contributed by atoms with E-state index in [0.717, 1.165) is 28.0 Å². The van der Waals surface area contributed by atoms with Crippen molar-refractivity contribution in [2.45, 2.75) is 38.9 Å². The predicted octanol–water partition coefficient (Wildman–Crippen LogP) is 2.38. The zero-order valence-corrected chi connectivity index (χ0v) is 30.9. The van der Waals surface area contributed by atoms with Crippen LogP contribution in [0.1, 0.15) is 80.6 Å². The Hall–Kier alpha value is -7.75. The number of amides is 1. The molecule has 296 valence electrons. The van der Waals surface area contributed by atoms with Crippen LogP contribution >= 0.6 is 0 Å². The Morgan fingerprint density at radius 3 is 1.61 bits per heavy atom. The summed E-state index contributed by atoms with van der Waals surface area (Å²) in [6, 6.07) is 11.9. The first-order chi connectivity index (χ1) is 26.7. The van der Waals surface area contributed by atoms with Crippen molar-refractivity contribution in [3.63, 3.8) is 0 Å². The summed E-state index contributed by atoms with van der Waals surface area (Å²) in [5.74, 6) is -3.93. The molecule has 1 fully saturated rings. The number of fused-ring (bicyclic) bond motifs is 3. The van der Waals surface area contributed by atoms with Gasteiger partial charge in [0.2, 0.25) is 0 Å². The average molecular weight is 786 g/mol. The molecule has 0 aromatic carbocycles. The minimum absolute atomic E-state index is 0.00787. The SMILES string of the molecule is CC(C)(O)COc1ccc2c(C(=O)O)cnn2c1C(N)=O.CC1(C)CO1.COC(=O)c1cnn2c(C#N)c(O)ccc12.N#Cc1c(O)ccc2c(C(=O)O)cnn12. The van der Waals surface area contributed by atoms with Crippen LogP contribution in [-0.4, -0.2) is 110 Å². The Bertz CT molecular complexity index is 2600. The summed E-state index contributed by atoms with van der Waals surface area (Å²) >= 11 is 0. The number of carbonyl (C=O) groups excluding carboxylic acids is 2. The topological polar surface area (TPSA) is 326 Å². The molecule has 7 heterocycles. The molecule has 1 aliphatic rings. The van der Waals surface area contributed by atoms with E-state index in [0.29, 0.717) is 5.52 Å².